The zero-order valence-corrected chi connectivity index (χ0v) is 16.2. The molecule has 0 spiro atoms. The minimum absolute atomic E-state index is 0.00170. The van der Waals surface area contributed by atoms with E-state index in [1.807, 2.05) is 12.1 Å². The van der Waals surface area contributed by atoms with Crippen LogP contribution in [0.4, 0.5) is 16.2 Å². The van der Waals surface area contributed by atoms with E-state index in [0.29, 0.717) is 23.4 Å². The highest BCUT2D eigenvalue weighted by molar-refractivity contribution is 5.93. The van der Waals surface area contributed by atoms with E-state index in [1.54, 1.807) is 30.3 Å². The number of nitrogens with zero attached hydrogens (tertiary/aromatic N) is 4. The van der Waals surface area contributed by atoms with Gasteiger partial charge in [0.2, 0.25) is 5.88 Å². The molecule has 0 radical (unpaired) electrons. The smallest absolute Gasteiger partial charge is 0.420 e. The molecule has 0 aliphatic carbocycles. The normalized spacial score (nSPS) is 10.6. The van der Waals surface area contributed by atoms with E-state index in [1.165, 1.54) is 28.6 Å². The van der Waals surface area contributed by atoms with Crippen LogP contribution in [-0.2, 0) is 0 Å². The summed E-state index contributed by atoms with van der Waals surface area (Å²) in [6.45, 7) is 0. The summed E-state index contributed by atoms with van der Waals surface area (Å²) in [6, 6.07) is 15.1. The Kier molecular flexibility index (Phi) is 4.77. The Morgan fingerprint density at radius 1 is 1.32 bits per heavy atom. The quantitative estimate of drug-likeness (QED) is 0.263. The lowest BCUT2D eigenvalue weighted by Crippen LogP contribution is -2.30. The highest BCUT2D eigenvalue weighted by atomic mass is 16.6. The Morgan fingerprint density at radius 2 is 2.06 bits per heavy atom. The van der Waals surface area contributed by atoms with Crippen LogP contribution in [0.3, 0.4) is 0 Å². The number of benzene rings is 2. The van der Waals surface area contributed by atoms with Crippen molar-refractivity contribution in [2.24, 2.45) is 0 Å². The maximum atomic E-state index is 12.7. The number of aromatic nitrogens is 3. The average Bonchev–Trinajstić information content (AvgIpc) is 3.33. The van der Waals surface area contributed by atoms with Gasteiger partial charge in [-0.1, -0.05) is 18.2 Å². The largest absolute Gasteiger partial charge is 0.506 e. The number of phenolic OH excluding ortho intramolecular Hbond substituents is 1. The summed E-state index contributed by atoms with van der Waals surface area (Å²) in [4.78, 5) is 28.6. The van der Waals surface area contributed by atoms with Crippen molar-refractivity contribution >= 4 is 29.4 Å². The van der Waals surface area contributed by atoms with Crippen molar-refractivity contribution in [3.05, 3.63) is 59.7 Å². The molecule has 154 valence electrons. The fraction of sp³-hybridized carbons (Fsp3) is 0.0476. The molecular formula is C21H16N6O4. The molecule has 31 heavy (non-hydrogen) atoms. The van der Waals surface area contributed by atoms with Crippen molar-refractivity contribution in [2.45, 2.75) is 0 Å². The Morgan fingerprint density at radius 3 is 2.71 bits per heavy atom. The number of carbonyl (C=O) groups is 2. The number of hydrogen-bond donors (Lipinski definition) is 3. The van der Waals surface area contributed by atoms with E-state index >= 15 is 0 Å². The second kappa shape index (κ2) is 7.57. The van der Waals surface area contributed by atoms with Gasteiger partial charge in [-0.25, -0.2) is 4.79 Å². The van der Waals surface area contributed by atoms with E-state index in [9.17, 15) is 20.0 Å². The molecule has 4 aromatic rings. The third-order valence-corrected chi connectivity index (χ3v) is 4.71. The van der Waals surface area contributed by atoms with Gasteiger partial charge in [0.05, 0.1) is 11.3 Å². The number of nitrogens with two attached hydrogens (primary N) is 1. The van der Waals surface area contributed by atoms with Crippen LogP contribution in [0.5, 0.6) is 11.6 Å². The number of anilines is 2. The summed E-state index contributed by atoms with van der Waals surface area (Å²) in [5.74, 6) is 0.0190. The van der Waals surface area contributed by atoms with Gasteiger partial charge in [0.15, 0.2) is 12.1 Å². The minimum Gasteiger partial charge on any atom is -0.506 e. The van der Waals surface area contributed by atoms with Crippen LogP contribution in [0.1, 0.15) is 15.9 Å². The van der Waals surface area contributed by atoms with Crippen LogP contribution in [-0.4, -0.2) is 39.1 Å². The fourth-order valence-corrected chi connectivity index (χ4v) is 3.06. The van der Waals surface area contributed by atoms with E-state index in [4.69, 9.17) is 10.5 Å². The molecule has 0 fully saturated rings. The predicted octanol–water partition coefficient (Wildman–Crippen LogP) is 2.94. The molecule has 2 aromatic heterocycles. The minimum atomic E-state index is -0.766. The van der Waals surface area contributed by atoms with Gasteiger partial charge in [-0.2, -0.15) is 9.78 Å². The van der Waals surface area contributed by atoms with Crippen molar-refractivity contribution in [3.63, 3.8) is 0 Å². The van der Waals surface area contributed by atoms with Crippen molar-refractivity contribution in [2.75, 3.05) is 17.7 Å². The fourth-order valence-electron chi connectivity index (χ4n) is 3.06. The monoisotopic (exact) mass is 416 g/mol. The SMILES string of the molecule is CN(C(=O)Oc1c(C#N)c(C=O)c2[nH]c(-c3ccc(O)c(N)c3)nn12)c1ccccc1. The van der Waals surface area contributed by atoms with Gasteiger partial charge < -0.3 is 20.6 Å². The molecule has 0 saturated carbocycles. The van der Waals surface area contributed by atoms with E-state index in [2.05, 4.69) is 10.1 Å². The lowest BCUT2D eigenvalue weighted by atomic mass is 10.2. The number of hydrogen-bond acceptors (Lipinski definition) is 7. The Labute approximate surface area is 175 Å². The molecule has 0 unspecified atom stereocenters. The van der Waals surface area contributed by atoms with Gasteiger partial charge in [-0.05, 0) is 30.3 Å². The zero-order valence-electron chi connectivity index (χ0n) is 16.2. The van der Waals surface area contributed by atoms with Crippen LogP contribution in [0.25, 0.3) is 17.0 Å². The van der Waals surface area contributed by atoms with Gasteiger partial charge in [0.25, 0.3) is 0 Å². The Hall–Kier alpha value is -4.78. The topological polar surface area (TPSA) is 150 Å². The number of fused-ring (bicyclic) bond motifs is 1. The summed E-state index contributed by atoms with van der Waals surface area (Å²) in [7, 11) is 1.52. The van der Waals surface area contributed by atoms with Gasteiger partial charge >= 0.3 is 6.09 Å². The molecule has 0 aliphatic heterocycles. The summed E-state index contributed by atoms with van der Waals surface area (Å²) in [6.07, 6.45) is -0.280. The number of ether oxygens (including phenoxy) is 1. The van der Waals surface area contributed by atoms with E-state index in [-0.39, 0.29) is 34.1 Å². The summed E-state index contributed by atoms with van der Waals surface area (Å²) in [5.41, 5.74) is 7.04. The first kappa shape index (κ1) is 19.5. The van der Waals surface area contributed by atoms with Crippen molar-refractivity contribution < 1.29 is 19.4 Å². The molecule has 1 amide bonds. The number of phenols is 1. The molecule has 0 saturated heterocycles. The second-order valence-electron chi connectivity index (χ2n) is 6.59. The number of para-hydroxylation sites is 1. The highest BCUT2D eigenvalue weighted by Crippen LogP contribution is 2.31. The number of aromatic hydroxyl groups is 1. The third kappa shape index (κ3) is 3.30. The number of aromatic amines is 1. The number of nitrogens with one attached hydrogen (secondary N) is 1. The maximum Gasteiger partial charge on any atom is 0.420 e. The van der Waals surface area contributed by atoms with Crippen molar-refractivity contribution in [3.8, 4) is 29.1 Å². The van der Waals surface area contributed by atoms with E-state index in [0.717, 1.165) is 0 Å². The lowest BCUT2D eigenvalue weighted by molar-refractivity contribution is 0.112. The number of H-pyrrole nitrogens is 1. The average molecular weight is 416 g/mol. The molecule has 0 bridgehead atoms. The number of nitrogen functional groups attached to an aromatic ring is 1. The van der Waals surface area contributed by atoms with Crippen molar-refractivity contribution in [1.82, 2.24) is 14.6 Å². The van der Waals surface area contributed by atoms with Crippen LogP contribution in [0, 0.1) is 11.3 Å². The number of carbonyl (C=O) groups excluding carboxylic acids is 2. The summed E-state index contributed by atoms with van der Waals surface area (Å²) in [5, 5.41) is 23.5. The molecular weight excluding hydrogens is 400 g/mol. The number of aldehydes is 1. The van der Waals surface area contributed by atoms with Crippen LogP contribution >= 0.6 is 0 Å². The number of nitriles is 1. The maximum absolute atomic E-state index is 12.7. The highest BCUT2D eigenvalue weighted by Gasteiger charge is 2.26. The first-order valence-electron chi connectivity index (χ1n) is 9.04. The van der Waals surface area contributed by atoms with Gasteiger partial charge in [0, 0.05) is 18.3 Å². The summed E-state index contributed by atoms with van der Waals surface area (Å²) < 4.78 is 6.64. The first-order chi connectivity index (χ1) is 14.9. The molecule has 0 atom stereocenters. The molecule has 4 rings (SSSR count). The molecule has 0 aliphatic rings. The Bertz CT molecular complexity index is 1350. The molecule has 2 aromatic carbocycles. The predicted molar refractivity (Wildman–Crippen MR) is 112 cm³/mol. The first-order valence-corrected chi connectivity index (χ1v) is 9.04. The number of amides is 1. The molecule has 10 nitrogen and oxygen atoms in total. The van der Waals surface area contributed by atoms with Crippen molar-refractivity contribution in [1.29, 1.82) is 5.26 Å². The number of rotatable bonds is 4. The lowest BCUT2D eigenvalue weighted by Gasteiger charge is -2.16. The van der Waals surface area contributed by atoms with Gasteiger partial charge in [-0.15, -0.1) is 5.10 Å². The molecule has 10 heteroatoms. The molecule has 2 heterocycles. The summed E-state index contributed by atoms with van der Waals surface area (Å²) >= 11 is 0. The van der Waals surface area contributed by atoms with Crippen LogP contribution in [0.2, 0.25) is 0 Å². The standard InChI is InChI=1S/C21H16N6O4/c1-26(13-5-3-2-4-6-13)21(30)31-20-14(10-22)15(11-28)19-24-18(25-27(19)20)12-7-8-17(29)16(23)9-12/h2-9,11,29H,23H2,1H3,(H,24,25). The zero-order chi connectivity index (χ0) is 22.1. The van der Waals surface area contributed by atoms with Crippen LogP contribution < -0.4 is 15.4 Å². The second-order valence-corrected chi connectivity index (χ2v) is 6.59. The van der Waals surface area contributed by atoms with Crippen LogP contribution in [0.15, 0.2) is 48.5 Å². The Balaban J connectivity index is 1.79. The van der Waals surface area contributed by atoms with Gasteiger partial charge in [-0.3, -0.25) is 9.69 Å². The van der Waals surface area contributed by atoms with Gasteiger partial charge in [0.1, 0.15) is 23.0 Å². The third-order valence-electron chi connectivity index (χ3n) is 4.71. The molecule has 4 N–H and O–H groups in total. The van der Waals surface area contributed by atoms with E-state index < -0.39 is 6.09 Å².